The first-order valence-electron chi connectivity index (χ1n) is 9.19. The van der Waals surface area contributed by atoms with Crippen molar-refractivity contribution < 1.29 is 0 Å². The van der Waals surface area contributed by atoms with Crippen molar-refractivity contribution in [2.24, 2.45) is 4.99 Å². The van der Waals surface area contributed by atoms with Gasteiger partial charge in [-0.05, 0) is 55.7 Å². The van der Waals surface area contributed by atoms with E-state index in [0.29, 0.717) is 6.04 Å². The van der Waals surface area contributed by atoms with Crippen LogP contribution in [-0.2, 0) is 6.42 Å². The Morgan fingerprint density at radius 2 is 2.15 bits per heavy atom. The zero-order chi connectivity index (χ0) is 18.2. The van der Waals surface area contributed by atoms with Crippen LogP contribution in [0.3, 0.4) is 0 Å². The van der Waals surface area contributed by atoms with E-state index in [1.54, 1.807) is 6.20 Å². The number of aromatic nitrogens is 1. The molecule has 1 atom stereocenters. The highest BCUT2D eigenvalue weighted by Crippen LogP contribution is 2.22. The van der Waals surface area contributed by atoms with E-state index < -0.39 is 0 Å². The van der Waals surface area contributed by atoms with Gasteiger partial charge in [0.25, 0.3) is 0 Å². The largest absolute Gasteiger partial charge is 0.369 e. The lowest BCUT2D eigenvalue weighted by molar-refractivity contribution is 0.649. The van der Waals surface area contributed by atoms with E-state index >= 15 is 0 Å². The SMILES string of the molecule is CCNC(=NCCc1cccnc1)NC1CCN(c2ccc(Br)cc2)C1. The minimum absolute atomic E-state index is 0.412. The molecular formula is C20H26BrN5. The Kier molecular flexibility index (Phi) is 6.89. The van der Waals surface area contributed by atoms with Crippen LogP contribution in [0, 0.1) is 0 Å². The van der Waals surface area contributed by atoms with E-state index in [-0.39, 0.29) is 0 Å². The maximum Gasteiger partial charge on any atom is 0.191 e. The Balaban J connectivity index is 1.53. The zero-order valence-corrected chi connectivity index (χ0v) is 16.7. The molecule has 1 aliphatic rings. The summed E-state index contributed by atoms with van der Waals surface area (Å²) in [5, 5.41) is 6.94. The molecule has 138 valence electrons. The number of aliphatic imine (C=N–C) groups is 1. The van der Waals surface area contributed by atoms with Crippen LogP contribution in [0.1, 0.15) is 18.9 Å². The summed E-state index contributed by atoms with van der Waals surface area (Å²) in [5.74, 6) is 0.902. The van der Waals surface area contributed by atoms with Crippen molar-refractivity contribution in [1.29, 1.82) is 0 Å². The fraction of sp³-hybridized carbons (Fsp3) is 0.400. The van der Waals surface area contributed by atoms with Gasteiger partial charge in [-0.15, -0.1) is 0 Å². The number of hydrogen-bond acceptors (Lipinski definition) is 3. The quantitative estimate of drug-likeness (QED) is 0.561. The van der Waals surface area contributed by atoms with Gasteiger partial charge in [0.1, 0.15) is 0 Å². The summed E-state index contributed by atoms with van der Waals surface area (Å²) in [6.07, 6.45) is 5.72. The third kappa shape index (κ3) is 5.46. The molecule has 1 aromatic heterocycles. The van der Waals surface area contributed by atoms with E-state index in [4.69, 9.17) is 4.99 Å². The van der Waals surface area contributed by atoms with Crippen molar-refractivity contribution in [3.05, 3.63) is 58.8 Å². The highest BCUT2D eigenvalue weighted by Gasteiger charge is 2.23. The monoisotopic (exact) mass is 415 g/mol. The summed E-state index contributed by atoms with van der Waals surface area (Å²) in [4.78, 5) is 11.3. The topological polar surface area (TPSA) is 52.6 Å². The summed E-state index contributed by atoms with van der Waals surface area (Å²) in [6, 6.07) is 13.0. The minimum Gasteiger partial charge on any atom is -0.369 e. The Morgan fingerprint density at radius 1 is 1.31 bits per heavy atom. The Bertz CT molecular complexity index is 702. The van der Waals surface area contributed by atoms with Gasteiger partial charge >= 0.3 is 0 Å². The first-order valence-corrected chi connectivity index (χ1v) is 9.98. The van der Waals surface area contributed by atoms with Crippen LogP contribution in [0.25, 0.3) is 0 Å². The summed E-state index contributed by atoms with van der Waals surface area (Å²) in [6.45, 7) is 5.77. The summed E-state index contributed by atoms with van der Waals surface area (Å²) < 4.78 is 1.12. The molecule has 26 heavy (non-hydrogen) atoms. The predicted octanol–water partition coefficient (Wildman–Crippen LogP) is 3.22. The second kappa shape index (κ2) is 9.57. The number of nitrogens with one attached hydrogen (secondary N) is 2. The number of pyridine rings is 1. The molecule has 6 heteroatoms. The second-order valence-corrected chi connectivity index (χ2v) is 7.34. The van der Waals surface area contributed by atoms with Gasteiger partial charge in [0.2, 0.25) is 0 Å². The molecule has 0 aliphatic carbocycles. The number of anilines is 1. The molecule has 0 spiro atoms. The highest BCUT2D eigenvalue weighted by molar-refractivity contribution is 9.10. The molecule has 1 unspecified atom stereocenters. The number of hydrogen-bond donors (Lipinski definition) is 2. The Morgan fingerprint density at radius 3 is 2.88 bits per heavy atom. The highest BCUT2D eigenvalue weighted by atomic mass is 79.9. The lowest BCUT2D eigenvalue weighted by atomic mass is 10.2. The average molecular weight is 416 g/mol. The first-order chi connectivity index (χ1) is 12.7. The first kappa shape index (κ1) is 18.7. The molecule has 2 heterocycles. The third-order valence-electron chi connectivity index (χ3n) is 4.46. The smallest absolute Gasteiger partial charge is 0.191 e. The summed E-state index contributed by atoms with van der Waals surface area (Å²) in [5.41, 5.74) is 2.49. The van der Waals surface area contributed by atoms with E-state index in [1.165, 1.54) is 11.3 Å². The van der Waals surface area contributed by atoms with Gasteiger partial charge in [-0.3, -0.25) is 9.98 Å². The van der Waals surface area contributed by atoms with E-state index in [9.17, 15) is 0 Å². The van der Waals surface area contributed by atoms with Gasteiger partial charge in [-0.1, -0.05) is 22.0 Å². The molecule has 5 nitrogen and oxygen atoms in total. The molecule has 1 aliphatic heterocycles. The van der Waals surface area contributed by atoms with Crippen LogP contribution in [-0.4, -0.2) is 43.2 Å². The van der Waals surface area contributed by atoms with Gasteiger partial charge in [-0.25, -0.2) is 0 Å². The maximum absolute atomic E-state index is 4.72. The Labute approximate surface area is 164 Å². The zero-order valence-electron chi connectivity index (χ0n) is 15.2. The average Bonchev–Trinajstić information content (AvgIpc) is 3.12. The van der Waals surface area contributed by atoms with E-state index in [2.05, 4.69) is 73.7 Å². The number of nitrogens with zero attached hydrogens (tertiary/aromatic N) is 3. The molecule has 1 aromatic carbocycles. The van der Waals surface area contributed by atoms with Crippen molar-refractivity contribution >= 4 is 27.6 Å². The van der Waals surface area contributed by atoms with E-state index in [1.807, 2.05) is 12.3 Å². The molecule has 1 fully saturated rings. The van der Waals surface area contributed by atoms with Gasteiger partial charge < -0.3 is 15.5 Å². The molecular weight excluding hydrogens is 390 g/mol. The lowest BCUT2D eigenvalue weighted by Crippen LogP contribution is -2.44. The van der Waals surface area contributed by atoms with Crippen LogP contribution in [0.15, 0.2) is 58.3 Å². The fourth-order valence-electron chi connectivity index (χ4n) is 3.12. The van der Waals surface area contributed by atoms with Crippen molar-refractivity contribution in [1.82, 2.24) is 15.6 Å². The number of halogens is 1. The summed E-state index contributed by atoms with van der Waals surface area (Å²) in [7, 11) is 0. The Hall–Kier alpha value is -2.08. The molecule has 3 rings (SSSR count). The number of rotatable bonds is 6. The van der Waals surface area contributed by atoms with Gasteiger partial charge in [0, 0.05) is 54.8 Å². The van der Waals surface area contributed by atoms with Crippen molar-refractivity contribution in [2.75, 3.05) is 31.1 Å². The molecule has 0 saturated carbocycles. The molecule has 2 N–H and O–H groups in total. The minimum atomic E-state index is 0.412. The predicted molar refractivity (Wildman–Crippen MR) is 112 cm³/mol. The van der Waals surface area contributed by atoms with Crippen molar-refractivity contribution in [3.63, 3.8) is 0 Å². The molecule has 2 aromatic rings. The van der Waals surface area contributed by atoms with Crippen molar-refractivity contribution in [3.8, 4) is 0 Å². The molecule has 0 radical (unpaired) electrons. The molecule has 1 saturated heterocycles. The van der Waals surface area contributed by atoms with Gasteiger partial charge in [0.05, 0.1) is 0 Å². The van der Waals surface area contributed by atoms with Crippen LogP contribution in [0.4, 0.5) is 5.69 Å². The second-order valence-electron chi connectivity index (χ2n) is 6.42. The third-order valence-corrected chi connectivity index (χ3v) is 4.99. The van der Waals surface area contributed by atoms with E-state index in [0.717, 1.165) is 49.5 Å². The standard InChI is InChI=1S/C20H26BrN5/c1-2-23-20(24-12-9-16-4-3-11-22-14-16)25-18-10-13-26(15-18)19-7-5-17(21)6-8-19/h3-8,11,14,18H,2,9-10,12-13,15H2,1H3,(H2,23,24,25). The van der Waals surface area contributed by atoms with Crippen LogP contribution in [0.5, 0.6) is 0 Å². The fourth-order valence-corrected chi connectivity index (χ4v) is 3.39. The lowest BCUT2D eigenvalue weighted by Gasteiger charge is -2.20. The van der Waals surface area contributed by atoms with Gasteiger partial charge in [-0.2, -0.15) is 0 Å². The maximum atomic E-state index is 4.72. The van der Waals surface area contributed by atoms with Crippen LogP contribution < -0.4 is 15.5 Å². The molecule has 0 amide bonds. The number of guanidine groups is 1. The number of benzene rings is 1. The normalized spacial score (nSPS) is 17.4. The van der Waals surface area contributed by atoms with Crippen LogP contribution >= 0.6 is 15.9 Å². The summed E-state index contributed by atoms with van der Waals surface area (Å²) >= 11 is 3.50. The molecule has 0 bridgehead atoms. The van der Waals surface area contributed by atoms with Gasteiger partial charge in [0.15, 0.2) is 5.96 Å². The van der Waals surface area contributed by atoms with Crippen LogP contribution in [0.2, 0.25) is 0 Å². The van der Waals surface area contributed by atoms with Crippen molar-refractivity contribution in [2.45, 2.75) is 25.8 Å².